The van der Waals surface area contributed by atoms with Crippen LogP contribution in [0.25, 0.3) is 0 Å². The van der Waals surface area contributed by atoms with E-state index in [1.165, 1.54) is 22.7 Å². The van der Waals surface area contributed by atoms with Crippen LogP contribution in [0, 0.1) is 6.92 Å². The molecular weight excluding hydrogens is 384 g/mol. The van der Waals surface area contributed by atoms with E-state index in [2.05, 4.69) is 51.2 Å². The molecular formula is C22H26N4O2S. The number of hydrogen-bond acceptors (Lipinski definition) is 6. The number of hydrogen-bond donors (Lipinski definition) is 2. The lowest BCUT2D eigenvalue weighted by atomic mass is 10.1. The minimum atomic E-state index is -0.119. The standard InChI is InChI=1S/C22H26N4O2S/c1-14-5-7-17(8-6-14)13-20-25-22(29-26-20)24-16(3)15(2)23-21(27)18-9-11-19(28-4)12-10-18/h5-12,15-16H,13H2,1-4H3,(H,23,27)(H,24,25,26). The highest BCUT2D eigenvalue weighted by Crippen LogP contribution is 2.17. The molecule has 2 unspecified atom stereocenters. The third kappa shape index (κ3) is 5.77. The number of aromatic nitrogens is 2. The molecule has 0 fully saturated rings. The number of rotatable bonds is 8. The van der Waals surface area contributed by atoms with Gasteiger partial charge in [0.2, 0.25) is 5.13 Å². The summed E-state index contributed by atoms with van der Waals surface area (Å²) in [6.45, 7) is 6.05. The predicted molar refractivity (Wildman–Crippen MR) is 117 cm³/mol. The van der Waals surface area contributed by atoms with Crippen molar-refractivity contribution >= 4 is 22.6 Å². The highest BCUT2D eigenvalue weighted by atomic mass is 32.1. The Kier molecular flexibility index (Phi) is 6.82. The molecule has 0 spiro atoms. The molecule has 1 amide bonds. The lowest BCUT2D eigenvalue weighted by Crippen LogP contribution is -2.43. The van der Waals surface area contributed by atoms with Crippen LogP contribution in [0.5, 0.6) is 5.75 Å². The highest BCUT2D eigenvalue weighted by molar-refractivity contribution is 7.09. The third-order valence-electron chi connectivity index (χ3n) is 4.76. The van der Waals surface area contributed by atoms with Gasteiger partial charge in [-0.3, -0.25) is 4.79 Å². The summed E-state index contributed by atoms with van der Waals surface area (Å²) in [5.74, 6) is 1.40. The van der Waals surface area contributed by atoms with Gasteiger partial charge in [-0.25, -0.2) is 4.98 Å². The summed E-state index contributed by atoms with van der Waals surface area (Å²) >= 11 is 1.34. The lowest BCUT2D eigenvalue weighted by Gasteiger charge is -2.22. The van der Waals surface area contributed by atoms with Crippen LogP contribution in [0.2, 0.25) is 0 Å². The molecule has 1 aromatic heterocycles. The Bertz CT molecular complexity index is 938. The smallest absolute Gasteiger partial charge is 0.251 e. The maximum atomic E-state index is 12.4. The Morgan fingerprint density at radius 2 is 1.76 bits per heavy atom. The van der Waals surface area contributed by atoms with Crippen LogP contribution in [0.15, 0.2) is 48.5 Å². The van der Waals surface area contributed by atoms with Gasteiger partial charge in [-0.2, -0.15) is 4.37 Å². The van der Waals surface area contributed by atoms with E-state index >= 15 is 0 Å². The van der Waals surface area contributed by atoms with Gasteiger partial charge in [0, 0.05) is 35.6 Å². The number of nitrogens with one attached hydrogen (secondary N) is 2. The normalized spacial score (nSPS) is 12.8. The number of aryl methyl sites for hydroxylation is 1. The highest BCUT2D eigenvalue weighted by Gasteiger charge is 2.17. The summed E-state index contributed by atoms with van der Waals surface area (Å²) in [5.41, 5.74) is 3.02. The maximum absolute atomic E-state index is 12.4. The molecule has 0 radical (unpaired) electrons. The molecule has 1 heterocycles. The quantitative estimate of drug-likeness (QED) is 0.586. The van der Waals surface area contributed by atoms with Gasteiger partial charge < -0.3 is 15.4 Å². The molecule has 2 aromatic carbocycles. The Hall–Kier alpha value is -2.93. The van der Waals surface area contributed by atoms with Crippen LogP contribution >= 0.6 is 11.5 Å². The van der Waals surface area contributed by atoms with E-state index in [1.807, 2.05) is 13.8 Å². The van der Waals surface area contributed by atoms with Crippen molar-refractivity contribution in [2.24, 2.45) is 0 Å². The van der Waals surface area contributed by atoms with E-state index in [9.17, 15) is 4.79 Å². The zero-order valence-corrected chi connectivity index (χ0v) is 17.9. The molecule has 29 heavy (non-hydrogen) atoms. The van der Waals surface area contributed by atoms with Crippen molar-refractivity contribution in [3.05, 3.63) is 71.0 Å². The molecule has 6 nitrogen and oxygen atoms in total. The number of methoxy groups -OCH3 is 1. The first kappa shape index (κ1) is 20.8. The van der Waals surface area contributed by atoms with Crippen LogP contribution in [-0.2, 0) is 6.42 Å². The molecule has 0 aliphatic carbocycles. The average molecular weight is 411 g/mol. The number of carbonyl (C=O) groups excluding carboxylic acids is 1. The van der Waals surface area contributed by atoms with E-state index in [0.717, 1.165) is 16.7 Å². The van der Waals surface area contributed by atoms with Gasteiger partial charge >= 0.3 is 0 Å². The molecule has 0 saturated carbocycles. The lowest BCUT2D eigenvalue weighted by molar-refractivity contribution is 0.0937. The van der Waals surface area contributed by atoms with E-state index < -0.39 is 0 Å². The number of anilines is 1. The summed E-state index contributed by atoms with van der Waals surface area (Å²) in [7, 11) is 1.60. The number of ether oxygens (including phenoxy) is 1. The predicted octanol–water partition coefficient (Wildman–Crippen LogP) is 4.06. The third-order valence-corrected chi connectivity index (χ3v) is 5.45. The van der Waals surface area contributed by atoms with E-state index in [-0.39, 0.29) is 18.0 Å². The Labute approximate surface area is 175 Å². The molecule has 0 saturated heterocycles. The molecule has 7 heteroatoms. The molecule has 152 valence electrons. The Morgan fingerprint density at radius 3 is 2.41 bits per heavy atom. The van der Waals surface area contributed by atoms with E-state index in [0.29, 0.717) is 12.0 Å². The number of benzene rings is 2. The fourth-order valence-corrected chi connectivity index (χ4v) is 3.43. The van der Waals surface area contributed by atoms with Gasteiger partial charge in [0.05, 0.1) is 7.11 Å². The molecule has 0 aliphatic heterocycles. The van der Waals surface area contributed by atoms with Crippen molar-refractivity contribution in [1.82, 2.24) is 14.7 Å². The summed E-state index contributed by atoms with van der Waals surface area (Å²) in [6, 6.07) is 15.3. The van der Waals surface area contributed by atoms with Crippen LogP contribution in [-0.4, -0.2) is 34.5 Å². The second kappa shape index (κ2) is 9.52. The molecule has 0 aliphatic rings. The summed E-state index contributed by atoms with van der Waals surface area (Å²) in [6.07, 6.45) is 0.705. The minimum Gasteiger partial charge on any atom is -0.497 e. The number of nitrogens with zero attached hydrogens (tertiary/aromatic N) is 2. The first-order chi connectivity index (χ1) is 13.9. The zero-order chi connectivity index (χ0) is 20.8. The van der Waals surface area contributed by atoms with Gasteiger partial charge in [0.1, 0.15) is 11.6 Å². The fourth-order valence-electron chi connectivity index (χ4n) is 2.75. The monoisotopic (exact) mass is 410 g/mol. The summed E-state index contributed by atoms with van der Waals surface area (Å²) in [4.78, 5) is 17.0. The van der Waals surface area contributed by atoms with Crippen molar-refractivity contribution in [1.29, 1.82) is 0 Å². The SMILES string of the molecule is COc1ccc(C(=O)NC(C)C(C)Nc2nc(Cc3ccc(C)cc3)ns2)cc1. The first-order valence-electron chi connectivity index (χ1n) is 9.54. The topological polar surface area (TPSA) is 76.1 Å². The van der Waals surface area contributed by atoms with Gasteiger partial charge in [0.25, 0.3) is 5.91 Å². The Morgan fingerprint density at radius 1 is 1.07 bits per heavy atom. The molecule has 2 atom stereocenters. The van der Waals surface area contributed by atoms with E-state index in [1.54, 1.807) is 31.4 Å². The number of amides is 1. The molecule has 0 bridgehead atoms. The minimum absolute atomic E-state index is 0.00243. The van der Waals surface area contributed by atoms with Crippen molar-refractivity contribution in [2.75, 3.05) is 12.4 Å². The van der Waals surface area contributed by atoms with Gasteiger partial charge in [0.15, 0.2) is 0 Å². The second-order valence-electron chi connectivity index (χ2n) is 7.10. The van der Waals surface area contributed by atoms with Crippen LogP contribution in [0.3, 0.4) is 0 Å². The van der Waals surface area contributed by atoms with E-state index in [4.69, 9.17) is 4.74 Å². The zero-order valence-electron chi connectivity index (χ0n) is 17.1. The van der Waals surface area contributed by atoms with Gasteiger partial charge in [-0.15, -0.1) is 0 Å². The maximum Gasteiger partial charge on any atom is 0.251 e. The second-order valence-corrected chi connectivity index (χ2v) is 7.85. The molecule has 2 N–H and O–H groups in total. The first-order valence-corrected chi connectivity index (χ1v) is 10.3. The van der Waals surface area contributed by atoms with Crippen molar-refractivity contribution < 1.29 is 9.53 Å². The van der Waals surface area contributed by atoms with Crippen molar-refractivity contribution in [3.63, 3.8) is 0 Å². The van der Waals surface area contributed by atoms with Gasteiger partial charge in [-0.05, 0) is 50.6 Å². The summed E-state index contributed by atoms with van der Waals surface area (Å²) in [5, 5.41) is 7.12. The average Bonchev–Trinajstić information content (AvgIpc) is 3.16. The molecule has 3 aromatic rings. The molecule has 3 rings (SSSR count). The van der Waals surface area contributed by atoms with Gasteiger partial charge in [-0.1, -0.05) is 29.8 Å². The van der Waals surface area contributed by atoms with Crippen molar-refractivity contribution in [2.45, 2.75) is 39.3 Å². The van der Waals surface area contributed by atoms with Crippen LogP contribution in [0.1, 0.15) is 41.2 Å². The van der Waals surface area contributed by atoms with Crippen LogP contribution < -0.4 is 15.4 Å². The Balaban J connectivity index is 1.53. The van der Waals surface area contributed by atoms with Crippen molar-refractivity contribution in [3.8, 4) is 5.75 Å². The van der Waals surface area contributed by atoms with Crippen LogP contribution in [0.4, 0.5) is 5.13 Å². The summed E-state index contributed by atoms with van der Waals surface area (Å²) < 4.78 is 9.57. The fraction of sp³-hybridized carbons (Fsp3) is 0.318. The largest absolute Gasteiger partial charge is 0.497 e. The number of carbonyl (C=O) groups is 1.